The minimum Gasteiger partial charge on any atom is -0.497 e. The van der Waals surface area contributed by atoms with Gasteiger partial charge in [0.05, 0.1) is 18.5 Å². The maximum absolute atomic E-state index is 11.7. The van der Waals surface area contributed by atoms with E-state index in [9.17, 15) is 4.79 Å². The molecule has 5 nitrogen and oxygen atoms in total. The first-order chi connectivity index (χ1) is 10.1. The van der Waals surface area contributed by atoms with Gasteiger partial charge in [-0.1, -0.05) is 0 Å². The Bertz CT molecular complexity index is 613. The number of nitrogens with two attached hydrogens (primary N) is 1. The normalized spacial score (nSPS) is 16.3. The summed E-state index contributed by atoms with van der Waals surface area (Å²) >= 11 is 0. The standard InChI is InChI=1S/C16H19N3O2/c1-11(9-17)10-18-14-7-8-15(20)19-16(14)12-3-5-13(21-2)6-4-12/h3-6,9-10H,7-8,17H2,1-2H3,(H,19,20). The molecule has 0 radical (unpaired) electrons. The lowest BCUT2D eigenvalue weighted by Gasteiger charge is -2.19. The monoisotopic (exact) mass is 285 g/mol. The lowest BCUT2D eigenvalue weighted by molar-refractivity contribution is -0.120. The van der Waals surface area contributed by atoms with Gasteiger partial charge in [-0.25, -0.2) is 0 Å². The number of hydrogen-bond donors (Lipinski definition) is 2. The number of allylic oxidation sites excluding steroid dienone is 2. The van der Waals surface area contributed by atoms with Gasteiger partial charge in [0.25, 0.3) is 0 Å². The molecule has 110 valence electrons. The number of carbonyl (C=O) groups is 1. The number of carbonyl (C=O) groups excluding carboxylic acids is 1. The predicted octanol–water partition coefficient (Wildman–Crippen LogP) is 2.21. The predicted molar refractivity (Wildman–Crippen MR) is 83.7 cm³/mol. The Balaban J connectivity index is 2.38. The molecular formula is C16H19N3O2. The molecule has 1 aliphatic heterocycles. The number of nitrogens with one attached hydrogen (secondary N) is 1. The summed E-state index contributed by atoms with van der Waals surface area (Å²) < 4.78 is 5.14. The van der Waals surface area contributed by atoms with Crippen molar-refractivity contribution in [2.24, 2.45) is 10.7 Å². The molecule has 0 saturated carbocycles. The Kier molecular flexibility index (Phi) is 4.77. The minimum atomic E-state index is 0.00542. The van der Waals surface area contributed by atoms with Gasteiger partial charge < -0.3 is 15.8 Å². The van der Waals surface area contributed by atoms with E-state index < -0.39 is 0 Å². The lowest BCUT2D eigenvalue weighted by Crippen LogP contribution is -2.26. The van der Waals surface area contributed by atoms with Crippen LogP contribution in [0.15, 0.2) is 46.7 Å². The van der Waals surface area contributed by atoms with Gasteiger partial charge in [-0.05, 0) is 43.0 Å². The zero-order valence-electron chi connectivity index (χ0n) is 12.2. The summed E-state index contributed by atoms with van der Waals surface area (Å²) in [6, 6.07) is 7.52. The molecule has 0 aromatic heterocycles. The topological polar surface area (TPSA) is 76.7 Å². The highest BCUT2D eigenvalue weighted by Gasteiger charge is 2.18. The van der Waals surface area contributed by atoms with Crippen molar-refractivity contribution in [2.45, 2.75) is 19.8 Å². The molecule has 2 rings (SSSR count). The Morgan fingerprint density at radius 2 is 2.05 bits per heavy atom. The van der Waals surface area contributed by atoms with Crippen molar-refractivity contribution < 1.29 is 9.53 Å². The van der Waals surface area contributed by atoms with Crippen LogP contribution in [0.4, 0.5) is 0 Å². The van der Waals surface area contributed by atoms with E-state index in [1.54, 1.807) is 13.3 Å². The van der Waals surface area contributed by atoms with Gasteiger partial charge in [0.15, 0.2) is 0 Å². The fourth-order valence-electron chi connectivity index (χ4n) is 1.98. The Hall–Kier alpha value is -2.56. The quantitative estimate of drug-likeness (QED) is 0.833. The van der Waals surface area contributed by atoms with Gasteiger partial charge >= 0.3 is 0 Å². The van der Waals surface area contributed by atoms with E-state index in [2.05, 4.69) is 10.3 Å². The summed E-state index contributed by atoms with van der Waals surface area (Å²) in [5.41, 5.74) is 8.80. The van der Waals surface area contributed by atoms with Crippen molar-refractivity contribution in [3.63, 3.8) is 0 Å². The van der Waals surface area contributed by atoms with E-state index in [0.29, 0.717) is 12.8 Å². The summed E-state index contributed by atoms with van der Waals surface area (Å²) in [5, 5.41) is 2.90. The highest BCUT2D eigenvalue weighted by molar-refractivity contribution is 5.91. The van der Waals surface area contributed by atoms with E-state index in [-0.39, 0.29) is 5.91 Å². The molecule has 0 fully saturated rings. The fraction of sp³-hybridized carbons (Fsp3) is 0.250. The summed E-state index contributed by atoms with van der Waals surface area (Å²) in [5.74, 6) is 0.777. The molecule has 1 aromatic rings. The third-order valence-electron chi connectivity index (χ3n) is 3.21. The molecule has 0 aliphatic carbocycles. The first-order valence-corrected chi connectivity index (χ1v) is 6.74. The number of ether oxygens (including phenoxy) is 1. The smallest absolute Gasteiger partial charge is 0.224 e. The zero-order valence-corrected chi connectivity index (χ0v) is 12.2. The highest BCUT2D eigenvalue weighted by atomic mass is 16.5. The molecule has 1 aliphatic rings. The molecule has 0 atom stereocenters. The second kappa shape index (κ2) is 6.74. The third-order valence-corrected chi connectivity index (χ3v) is 3.21. The van der Waals surface area contributed by atoms with Crippen molar-refractivity contribution in [3.8, 4) is 5.75 Å². The second-order valence-corrected chi connectivity index (χ2v) is 4.77. The van der Waals surface area contributed by atoms with Crippen LogP contribution < -0.4 is 15.8 Å². The third kappa shape index (κ3) is 3.72. The average Bonchev–Trinajstić information content (AvgIpc) is 2.53. The number of amides is 1. The maximum atomic E-state index is 11.7. The average molecular weight is 285 g/mol. The lowest BCUT2D eigenvalue weighted by atomic mass is 10.0. The summed E-state index contributed by atoms with van der Waals surface area (Å²) in [6.07, 6.45) is 4.26. The molecule has 5 heteroatoms. The van der Waals surface area contributed by atoms with Crippen molar-refractivity contribution in [1.82, 2.24) is 5.32 Å². The van der Waals surface area contributed by atoms with Crippen LogP contribution in [0.5, 0.6) is 5.75 Å². The van der Waals surface area contributed by atoms with Crippen LogP contribution in [0, 0.1) is 0 Å². The van der Waals surface area contributed by atoms with E-state index in [1.807, 2.05) is 31.2 Å². The van der Waals surface area contributed by atoms with Gasteiger partial charge in [0, 0.05) is 24.6 Å². The van der Waals surface area contributed by atoms with Crippen LogP contribution in [0.3, 0.4) is 0 Å². The van der Waals surface area contributed by atoms with Crippen molar-refractivity contribution in [3.05, 3.63) is 47.3 Å². The SMILES string of the molecule is COc1ccc(C2=C(N=CC(C)=CN)CCC(=O)N2)cc1. The van der Waals surface area contributed by atoms with E-state index in [1.165, 1.54) is 6.20 Å². The van der Waals surface area contributed by atoms with Crippen molar-refractivity contribution >= 4 is 17.8 Å². The van der Waals surface area contributed by atoms with E-state index >= 15 is 0 Å². The highest BCUT2D eigenvalue weighted by Crippen LogP contribution is 2.26. The molecule has 1 heterocycles. The number of hydrogen-bond acceptors (Lipinski definition) is 4. The number of methoxy groups -OCH3 is 1. The molecule has 0 spiro atoms. The Morgan fingerprint density at radius 1 is 1.33 bits per heavy atom. The number of nitrogens with zero attached hydrogens (tertiary/aromatic N) is 1. The van der Waals surface area contributed by atoms with E-state index in [4.69, 9.17) is 10.5 Å². The Morgan fingerprint density at radius 3 is 2.67 bits per heavy atom. The van der Waals surface area contributed by atoms with Crippen molar-refractivity contribution in [2.75, 3.05) is 7.11 Å². The summed E-state index contributed by atoms with van der Waals surface area (Å²) in [7, 11) is 1.62. The van der Waals surface area contributed by atoms with Crippen LogP contribution in [0.1, 0.15) is 25.3 Å². The number of rotatable bonds is 4. The molecule has 0 bridgehead atoms. The van der Waals surface area contributed by atoms with E-state index in [0.717, 1.165) is 28.3 Å². The molecule has 0 unspecified atom stereocenters. The first kappa shape index (κ1) is 14.8. The molecule has 21 heavy (non-hydrogen) atoms. The van der Waals surface area contributed by atoms with Crippen LogP contribution in [-0.4, -0.2) is 19.2 Å². The molecule has 1 aromatic carbocycles. The van der Waals surface area contributed by atoms with Crippen LogP contribution in [-0.2, 0) is 4.79 Å². The van der Waals surface area contributed by atoms with Crippen LogP contribution >= 0.6 is 0 Å². The molecule has 0 saturated heterocycles. The second-order valence-electron chi connectivity index (χ2n) is 4.77. The fourth-order valence-corrected chi connectivity index (χ4v) is 1.98. The van der Waals surface area contributed by atoms with Crippen LogP contribution in [0.25, 0.3) is 5.70 Å². The minimum absolute atomic E-state index is 0.00542. The first-order valence-electron chi connectivity index (χ1n) is 6.74. The molecular weight excluding hydrogens is 266 g/mol. The number of benzene rings is 1. The summed E-state index contributed by atoms with van der Waals surface area (Å²) in [6.45, 7) is 1.87. The maximum Gasteiger partial charge on any atom is 0.224 e. The largest absolute Gasteiger partial charge is 0.497 e. The number of aliphatic imine (C=N–C) groups is 1. The summed E-state index contributed by atoms with van der Waals surface area (Å²) in [4.78, 5) is 16.1. The van der Waals surface area contributed by atoms with Gasteiger partial charge in [-0.3, -0.25) is 9.79 Å². The van der Waals surface area contributed by atoms with Gasteiger partial charge in [0.1, 0.15) is 5.75 Å². The van der Waals surface area contributed by atoms with Gasteiger partial charge in [-0.15, -0.1) is 0 Å². The molecule has 3 N–H and O–H groups in total. The van der Waals surface area contributed by atoms with Gasteiger partial charge in [-0.2, -0.15) is 0 Å². The van der Waals surface area contributed by atoms with Crippen molar-refractivity contribution in [1.29, 1.82) is 0 Å². The van der Waals surface area contributed by atoms with Gasteiger partial charge in [0.2, 0.25) is 5.91 Å². The zero-order chi connectivity index (χ0) is 15.2. The molecule has 1 amide bonds. The Labute approximate surface area is 124 Å². The van der Waals surface area contributed by atoms with Crippen LogP contribution in [0.2, 0.25) is 0 Å².